The number of rotatable bonds is 8. The van der Waals surface area contributed by atoms with Crippen LogP contribution in [0.3, 0.4) is 0 Å². The van der Waals surface area contributed by atoms with Gasteiger partial charge in [0.05, 0.1) is 6.61 Å². The summed E-state index contributed by atoms with van der Waals surface area (Å²) in [6.45, 7) is 10.4. The van der Waals surface area contributed by atoms with Crippen LogP contribution in [0.2, 0.25) is 0 Å². The number of fused-ring (bicyclic) bond motifs is 1. The van der Waals surface area contributed by atoms with Gasteiger partial charge in [-0.2, -0.15) is 0 Å². The SMILES string of the molecule is CCN(C(=O)CC(C)(C)COC(C)=O)C(C)Cc1ccc2c(c1)OCO2. The lowest BCUT2D eigenvalue weighted by molar-refractivity contribution is -0.147. The average Bonchev–Trinajstić information content (AvgIpc) is 3.01. The van der Waals surface area contributed by atoms with Crippen molar-refractivity contribution in [2.75, 3.05) is 19.9 Å². The number of nitrogens with zero attached hydrogens (tertiary/aromatic N) is 1. The van der Waals surface area contributed by atoms with Gasteiger partial charge >= 0.3 is 5.97 Å². The molecule has 1 aromatic rings. The van der Waals surface area contributed by atoms with Crippen molar-refractivity contribution in [1.29, 1.82) is 0 Å². The minimum atomic E-state index is -0.394. The first kappa shape index (κ1) is 20.1. The number of hydrogen-bond donors (Lipinski definition) is 0. The molecule has 2 rings (SSSR count). The van der Waals surface area contributed by atoms with Crippen LogP contribution in [0.4, 0.5) is 0 Å². The zero-order chi connectivity index (χ0) is 19.3. The van der Waals surface area contributed by atoms with E-state index in [4.69, 9.17) is 14.2 Å². The molecule has 0 aliphatic carbocycles. The Morgan fingerprint density at radius 2 is 1.96 bits per heavy atom. The van der Waals surface area contributed by atoms with Crippen LogP contribution in [0.5, 0.6) is 11.5 Å². The monoisotopic (exact) mass is 363 g/mol. The molecule has 0 N–H and O–H groups in total. The van der Waals surface area contributed by atoms with E-state index in [0.717, 1.165) is 23.5 Å². The molecule has 144 valence electrons. The van der Waals surface area contributed by atoms with Crippen LogP contribution in [-0.4, -0.2) is 42.8 Å². The third kappa shape index (κ3) is 5.38. The normalized spacial score (nSPS) is 14.0. The standard InChI is InChI=1S/C20H29NO5/c1-6-21(19(23)11-20(4,5)12-24-15(3)22)14(2)9-16-7-8-17-18(10-16)26-13-25-17/h7-8,10,14H,6,9,11-13H2,1-5H3. The molecule has 1 atom stereocenters. The molecule has 26 heavy (non-hydrogen) atoms. The van der Waals surface area contributed by atoms with Gasteiger partial charge in [0.2, 0.25) is 12.7 Å². The van der Waals surface area contributed by atoms with Gasteiger partial charge in [-0.15, -0.1) is 0 Å². The van der Waals surface area contributed by atoms with Crippen molar-refractivity contribution in [2.24, 2.45) is 5.41 Å². The number of hydrogen-bond acceptors (Lipinski definition) is 5. The average molecular weight is 363 g/mol. The van der Waals surface area contributed by atoms with E-state index < -0.39 is 5.41 Å². The molecule has 1 aliphatic rings. The lowest BCUT2D eigenvalue weighted by Gasteiger charge is -2.32. The molecule has 0 spiro atoms. The third-order valence-corrected chi connectivity index (χ3v) is 4.46. The second kappa shape index (κ2) is 8.43. The van der Waals surface area contributed by atoms with Gasteiger partial charge in [-0.05, 0) is 38.0 Å². The summed E-state index contributed by atoms with van der Waals surface area (Å²) >= 11 is 0. The smallest absolute Gasteiger partial charge is 0.302 e. The Balaban J connectivity index is 1.97. The van der Waals surface area contributed by atoms with Crippen molar-refractivity contribution in [3.63, 3.8) is 0 Å². The summed E-state index contributed by atoms with van der Waals surface area (Å²) in [5, 5.41) is 0. The maximum Gasteiger partial charge on any atom is 0.302 e. The number of benzene rings is 1. The number of ether oxygens (including phenoxy) is 3. The van der Waals surface area contributed by atoms with Crippen LogP contribution >= 0.6 is 0 Å². The van der Waals surface area contributed by atoms with Gasteiger partial charge in [-0.25, -0.2) is 0 Å². The fourth-order valence-corrected chi connectivity index (χ4v) is 3.11. The molecule has 0 fully saturated rings. The van der Waals surface area contributed by atoms with Gasteiger partial charge in [0.15, 0.2) is 11.5 Å². The van der Waals surface area contributed by atoms with Gasteiger partial charge in [0, 0.05) is 31.3 Å². The van der Waals surface area contributed by atoms with E-state index in [2.05, 4.69) is 0 Å². The van der Waals surface area contributed by atoms with Gasteiger partial charge in [0.1, 0.15) is 0 Å². The maximum absolute atomic E-state index is 12.8. The van der Waals surface area contributed by atoms with Crippen LogP contribution in [0.25, 0.3) is 0 Å². The fraction of sp³-hybridized carbons (Fsp3) is 0.600. The van der Waals surface area contributed by atoms with Crippen LogP contribution < -0.4 is 9.47 Å². The van der Waals surface area contributed by atoms with E-state index in [0.29, 0.717) is 13.0 Å². The van der Waals surface area contributed by atoms with Crippen LogP contribution in [0.15, 0.2) is 18.2 Å². The highest BCUT2D eigenvalue weighted by molar-refractivity contribution is 5.77. The van der Waals surface area contributed by atoms with E-state index >= 15 is 0 Å². The van der Waals surface area contributed by atoms with E-state index in [1.54, 1.807) is 0 Å². The molecule has 1 aliphatic heterocycles. The predicted molar refractivity (Wildman–Crippen MR) is 98.1 cm³/mol. The van der Waals surface area contributed by atoms with Gasteiger partial charge in [-0.3, -0.25) is 9.59 Å². The van der Waals surface area contributed by atoms with Gasteiger partial charge in [0.25, 0.3) is 0 Å². The second-order valence-corrected chi connectivity index (χ2v) is 7.54. The van der Waals surface area contributed by atoms with E-state index in [-0.39, 0.29) is 31.3 Å². The summed E-state index contributed by atoms with van der Waals surface area (Å²) in [4.78, 5) is 25.7. The molecule has 0 saturated heterocycles. The summed E-state index contributed by atoms with van der Waals surface area (Å²) < 4.78 is 15.8. The number of amides is 1. The summed E-state index contributed by atoms with van der Waals surface area (Å²) in [7, 11) is 0. The van der Waals surface area contributed by atoms with Crippen molar-refractivity contribution in [3.05, 3.63) is 23.8 Å². The fourth-order valence-electron chi connectivity index (χ4n) is 3.11. The Kier molecular flexibility index (Phi) is 6.51. The molecule has 6 heteroatoms. The Hall–Kier alpha value is -2.24. The van der Waals surface area contributed by atoms with Crippen molar-refractivity contribution in [2.45, 2.75) is 53.5 Å². The highest BCUT2D eigenvalue weighted by atomic mass is 16.7. The van der Waals surface area contributed by atoms with Gasteiger partial charge in [-0.1, -0.05) is 19.9 Å². The molecule has 0 aromatic heterocycles. The molecule has 1 heterocycles. The lowest BCUT2D eigenvalue weighted by atomic mass is 9.89. The summed E-state index contributed by atoms with van der Waals surface area (Å²) in [6, 6.07) is 5.94. The highest BCUT2D eigenvalue weighted by Gasteiger charge is 2.28. The Labute approximate surface area is 155 Å². The molecule has 1 amide bonds. The summed E-state index contributed by atoms with van der Waals surface area (Å²) in [5.74, 6) is 1.26. The lowest BCUT2D eigenvalue weighted by Crippen LogP contribution is -2.42. The van der Waals surface area contributed by atoms with E-state index in [1.807, 2.05) is 50.8 Å². The van der Waals surface area contributed by atoms with E-state index in [1.165, 1.54) is 6.92 Å². The van der Waals surface area contributed by atoms with Crippen molar-refractivity contribution < 1.29 is 23.8 Å². The minimum absolute atomic E-state index is 0.0531. The molecule has 0 bridgehead atoms. The summed E-state index contributed by atoms with van der Waals surface area (Å²) in [5.41, 5.74) is 0.710. The van der Waals surface area contributed by atoms with Crippen molar-refractivity contribution >= 4 is 11.9 Å². The topological polar surface area (TPSA) is 65.1 Å². The Bertz CT molecular complexity index is 656. The molecular weight excluding hydrogens is 334 g/mol. The Morgan fingerprint density at radius 1 is 1.27 bits per heavy atom. The van der Waals surface area contributed by atoms with Crippen molar-refractivity contribution in [3.8, 4) is 11.5 Å². The predicted octanol–water partition coefficient (Wildman–Crippen LogP) is 3.17. The van der Waals surface area contributed by atoms with Crippen LogP contribution in [0.1, 0.15) is 46.6 Å². The maximum atomic E-state index is 12.8. The molecule has 6 nitrogen and oxygen atoms in total. The molecule has 1 aromatic carbocycles. The zero-order valence-electron chi connectivity index (χ0n) is 16.3. The number of carbonyl (C=O) groups is 2. The van der Waals surface area contributed by atoms with Crippen LogP contribution in [-0.2, 0) is 20.7 Å². The van der Waals surface area contributed by atoms with Gasteiger partial charge < -0.3 is 19.1 Å². The zero-order valence-corrected chi connectivity index (χ0v) is 16.3. The van der Waals surface area contributed by atoms with Crippen LogP contribution in [0, 0.1) is 5.41 Å². The minimum Gasteiger partial charge on any atom is -0.465 e. The number of carbonyl (C=O) groups excluding carboxylic acids is 2. The van der Waals surface area contributed by atoms with Crippen molar-refractivity contribution in [1.82, 2.24) is 4.90 Å². The summed E-state index contributed by atoms with van der Waals surface area (Å²) in [6.07, 6.45) is 1.07. The largest absolute Gasteiger partial charge is 0.465 e. The Morgan fingerprint density at radius 3 is 2.62 bits per heavy atom. The molecular formula is C20H29NO5. The first-order chi connectivity index (χ1) is 12.2. The first-order valence-electron chi connectivity index (χ1n) is 9.03. The molecule has 0 radical (unpaired) electrons. The quantitative estimate of drug-likeness (QED) is 0.664. The number of likely N-dealkylation sites (N-methyl/N-ethyl adjacent to an activating group) is 1. The van der Waals surface area contributed by atoms with E-state index in [9.17, 15) is 9.59 Å². The first-order valence-corrected chi connectivity index (χ1v) is 9.03. The second-order valence-electron chi connectivity index (χ2n) is 7.54. The number of esters is 1. The molecule has 1 unspecified atom stereocenters. The third-order valence-electron chi connectivity index (χ3n) is 4.46. The highest BCUT2D eigenvalue weighted by Crippen LogP contribution is 2.33. The molecule has 0 saturated carbocycles.